The average molecular weight is 481 g/mol. The van der Waals surface area contributed by atoms with Gasteiger partial charge in [0, 0.05) is 10.7 Å². The van der Waals surface area contributed by atoms with Crippen LogP contribution in [0.2, 0.25) is 5.02 Å². The molecule has 4 aromatic rings. The molecule has 0 bridgehead atoms. The fraction of sp³-hybridized carbons (Fsp3) is 0.125. The number of hydrogen-bond acceptors (Lipinski definition) is 5. The first-order valence-corrected chi connectivity index (χ1v) is 11.4. The lowest BCUT2D eigenvalue weighted by Gasteiger charge is -2.35. The van der Waals surface area contributed by atoms with Crippen molar-refractivity contribution in [2.45, 2.75) is 19.5 Å². The molecular formula is C24H18ClFN4O2S. The molecule has 0 radical (unpaired) electrons. The molecule has 1 N–H and O–H groups in total. The van der Waals surface area contributed by atoms with Gasteiger partial charge in [-0.3, -0.25) is 4.90 Å². The summed E-state index contributed by atoms with van der Waals surface area (Å²) < 4.78 is 19.0. The Bertz CT molecular complexity index is 1330. The van der Waals surface area contributed by atoms with Crippen molar-refractivity contribution in [3.05, 3.63) is 99.6 Å². The standard InChI is InChI=1S/C24H18ClFN4O2S/c1-14-20(23-28-22(29-32-23)19-6-3-11-33-19)21(16-4-2-5-17(25)12-16)27-24(31)30(14)13-15-7-9-18(26)10-8-15/h2-12,21H,13H2,1H3,(H,27,31). The SMILES string of the molecule is CC1=C(c2nc(-c3cccs3)no2)C(c2cccc(Cl)c2)NC(=O)N1Cc1ccc(F)cc1. The molecule has 0 spiro atoms. The van der Waals surface area contributed by atoms with Crippen LogP contribution >= 0.6 is 22.9 Å². The van der Waals surface area contributed by atoms with Crippen molar-refractivity contribution in [2.75, 3.05) is 0 Å². The number of benzene rings is 2. The van der Waals surface area contributed by atoms with E-state index in [2.05, 4.69) is 15.5 Å². The number of rotatable bonds is 5. The number of nitrogens with zero attached hydrogens (tertiary/aromatic N) is 3. The molecule has 3 heterocycles. The minimum Gasteiger partial charge on any atom is -0.334 e. The minimum atomic E-state index is -0.530. The molecule has 0 saturated heterocycles. The highest BCUT2D eigenvalue weighted by Gasteiger charge is 2.36. The van der Waals surface area contributed by atoms with Crippen LogP contribution in [0, 0.1) is 5.82 Å². The van der Waals surface area contributed by atoms with Crippen molar-refractivity contribution in [2.24, 2.45) is 0 Å². The van der Waals surface area contributed by atoms with Gasteiger partial charge in [0.2, 0.25) is 5.82 Å². The van der Waals surface area contributed by atoms with Crippen LogP contribution in [-0.4, -0.2) is 21.1 Å². The van der Waals surface area contributed by atoms with Gasteiger partial charge in [0.1, 0.15) is 5.82 Å². The Labute approximate surface area is 198 Å². The third kappa shape index (κ3) is 4.27. The average Bonchev–Trinajstić information content (AvgIpc) is 3.50. The van der Waals surface area contributed by atoms with Crippen LogP contribution in [-0.2, 0) is 6.54 Å². The van der Waals surface area contributed by atoms with Crippen LogP contribution in [0.15, 0.2) is 76.3 Å². The Morgan fingerprint density at radius 3 is 2.73 bits per heavy atom. The predicted octanol–water partition coefficient (Wildman–Crippen LogP) is 6.29. The van der Waals surface area contributed by atoms with Gasteiger partial charge in [-0.25, -0.2) is 9.18 Å². The molecule has 2 amide bonds. The summed E-state index contributed by atoms with van der Waals surface area (Å²) in [4.78, 5) is 20.2. The van der Waals surface area contributed by atoms with Gasteiger partial charge in [0.05, 0.1) is 23.0 Å². The van der Waals surface area contributed by atoms with Crippen LogP contribution in [0.3, 0.4) is 0 Å². The number of carbonyl (C=O) groups is 1. The van der Waals surface area contributed by atoms with E-state index >= 15 is 0 Å². The molecular weight excluding hydrogens is 463 g/mol. The summed E-state index contributed by atoms with van der Waals surface area (Å²) >= 11 is 7.74. The highest BCUT2D eigenvalue weighted by atomic mass is 35.5. The van der Waals surface area contributed by atoms with Crippen molar-refractivity contribution in [1.29, 1.82) is 0 Å². The molecule has 6 nitrogen and oxygen atoms in total. The van der Waals surface area contributed by atoms with E-state index in [1.807, 2.05) is 36.6 Å². The Kier molecular flexibility index (Phi) is 5.70. The quantitative estimate of drug-likeness (QED) is 0.364. The van der Waals surface area contributed by atoms with Crippen LogP contribution in [0.5, 0.6) is 0 Å². The maximum Gasteiger partial charge on any atom is 0.322 e. The molecule has 2 aromatic carbocycles. The highest BCUT2D eigenvalue weighted by Crippen LogP contribution is 2.38. The van der Waals surface area contributed by atoms with E-state index in [0.717, 1.165) is 16.0 Å². The molecule has 5 rings (SSSR count). The van der Waals surface area contributed by atoms with Gasteiger partial charge in [-0.15, -0.1) is 11.3 Å². The second kappa shape index (κ2) is 8.80. The van der Waals surface area contributed by atoms with Crippen molar-refractivity contribution in [3.8, 4) is 10.7 Å². The van der Waals surface area contributed by atoms with E-state index in [4.69, 9.17) is 16.1 Å². The van der Waals surface area contributed by atoms with Crippen molar-refractivity contribution in [1.82, 2.24) is 20.4 Å². The molecule has 0 fully saturated rings. The zero-order chi connectivity index (χ0) is 22.9. The van der Waals surface area contributed by atoms with Crippen LogP contribution < -0.4 is 5.32 Å². The summed E-state index contributed by atoms with van der Waals surface area (Å²) in [5.41, 5.74) is 2.92. The molecule has 1 unspecified atom stereocenters. The summed E-state index contributed by atoms with van der Waals surface area (Å²) in [7, 11) is 0. The number of nitrogens with one attached hydrogen (secondary N) is 1. The molecule has 1 aliphatic rings. The largest absolute Gasteiger partial charge is 0.334 e. The lowest BCUT2D eigenvalue weighted by molar-refractivity contribution is 0.203. The van der Waals surface area contributed by atoms with E-state index in [9.17, 15) is 9.18 Å². The van der Waals surface area contributed by atoms with Crippen molar-refractivity contribution < 1.29 is 13.7 Å². The highest BCUT2D eigenvalue weighted by molar-refractivity contribution is 7.13. The molecule has 2 aromatic heterocycles. The van der Waals surface area contributed by atoms with E-state index in [1.54, 1.807) is 29.2 Å². The number of amides is 2. The number of thiophene rings is 1. The monoisotopic (exact) mass is 480 g/mol. The molecule has 1 atom stereocenters. The molecule has 166 valence electrons. The summed E-state index contributed by atoms with van der Waals surface area (Å²) in [6, 6.07) is 16.3. The Morgan fingerprint density at radius 2 is 2.00 bits per heavy atom. The first kappa shape index (κ1) is 21.4. The Morgan fingerprint density at radius 1 is 1.18 bits per heavy atom. The fourth-order valence-corrected chi connectivity index (χ4v) is 4.64. The van der Waals surface area contributed by atoms with Crippen molar-refractivity contribution >= 4 is 34.5 Å². The van der Waals surface area contributed by atoms with E-state index in [1.165, 1.54) is 23.5 Å². The zero-order valence-corrected chi connectivity index (χ0v) is 19.0. The van der Waals surface area contributed by atoms with Crippen molar-refractivity contribution in [3.63, 3.8) is 0 Å². The minimum absolute atomic E-state index is 0.260. The summed E-state index contributed by atoms with van der Waals surface area (Å²) in [6.07, 6.45) is 0. The summed E-state index contributed by atoms with van der Waals surface area (Å²) in [6.45, 7) is 2.10. The fourth-order valence-electron chi connectivity index (χ4n) is 3.80. The maximum atomic E-state index is 13.4. The first-order valence-electron chi connectivity index (χ1n) is 10.2. The Hall–Kier alpha value is -3.49. The van der Waals surface area contributed by atoms with E-state index in [0.29, 0.717) is 28.0 Å². The third-order valence-electron chi connectivity index (χ3n) is 5.43. The molecule has 0 aliphatic carbocycles. The van der Waals surface area contributed by atoms with Gasteiger partial charge < -0.3 is 9.84 Å². The summed E-state index contributed by atoms with van der Waals surface area (Å²) in [5.74, 6) is 0.458. The molecule has 9 heteroatoms. The topological polar surface area (TPSA) is 71.3 Å². The van der Waals surface area contributed by atoms with Gasteiger partial charge in [-0.1, -0.05) is 47.1 Å². The zero-order valence-electron chi connectivity index (χ0n) is 17.5. The molecule has 33 heavy (non-hydrogen) atoms. The smallest absolute Gasteiger partial charge is 0.322 e. The number of aromatic nitrogens is 2. The second-order valence-electron chi connectivity index (χ2n) is 7.55. The van der Waals surface area contributed by atoms with Gasteiger partial charge >= 0.3 is 6.03 Å². The second-order valence-corrected chi connectivity index (χ2v) is 8.93. The van der Waals surface area contributed by atoms with E-state index in [-0.39, 0.29) is 18.4 Å². The molecule has 1 aliphatic heterocycles. The predicted molar refractivity (Wildman–Crippen MR) is 125 cm³/mol. The summed E-state index contributed by atoms with van der Waals surface area (Å²) in [5, 5.41) is 9.67. The number of hydrogen-bond donors (Lipinski definition) is 1. The van der Waals surface area contributed by atoms with Gasteiger partial charge in [-0.05, 0) is 53.8 Å². The van der Waals surface area contributed by atoms with Gasteiger partial charge in [0.25, 0.3) is 5.89 Å². The maximum absolute atomic E-state index is 13.4. The first-order chi connectivity index (χ1) is 16.0. The van der Waals surface area contributed by atoms with Crippen LogP contribution in [0.4, 0.5) is 9.18 Å². The Balaban J connectivity index is 1.60. The van der Waals surface area contributed by atoms with E-state index < -0.39 is 6.04 Å². The number of halogens is 2. The third-order valence-corrected chi connectivity index (χ3v) is 6.53. The lowest BCUT2D eigenvalue weighted by Crippen LogP contribution is -2.45. The normalized spacial score (nSPS) is 16.3. The van der Waals surface area contributed by atoms with Crippen LogP contribution in [0.1, 0.15) is 30.0 Å². The van der Waals surface area contributed by atoms with Gasteiger partial charge in [-0.2, -0.15) is 4.98 Å². The van der Waals surface area contributed by atoms with Crippen LogP contribution in [0.25, 0.3) is 16.3 Å². The number of carbonyl (C=O) groups excluding carboxylic acids is 1. The lowest BCUT2D eigenvalue weighted by atomic mass is 9.94. The van der Waals surface area contributed by atoms with Gasteiger partial charge in [0.15, 0.2) is 0 Å². The number of urea groups is 1. The molecule has 0 saturated carbocycles. The number of allylic oxidation sites excluding steroid dienone is 1.